The highest BCUT2D eigenvalue weighted by Crippen LogP contribution is 2.29. The molecular formula is C17H28FN3. The molecule has 0 aliphatic carbocycles. The number of piperidine rings is 1. The van der Waals surface area contributed by atoms with Crippen LogP contribution in [0.1, 0.15) is 45.9 Å². The quantitative estimate of drug-likeness (QED) is 0.927. The predicted octanol–water partition coefficient (Wildman–Crippen LogP) is 3.22. The molecule has 1 saturated heterocycles. The monoisotopic (exact) mass is 293 g/mol. The lowest BCUT2D eigenvalue weighted by atomic mass is 9.85. The first-order valence-corrected chi connectivity index (χ1v) is 7.99. The molecule has 4 heteroatoms. The third-order valence-electron chi connectivity index (χ3n) is 4.95. The molecule has 5 unspecified atom stereocenters. The van der Waals surface area contributed by atoms with Gasteiger partial charge in [0.1, 0.15) is 5.82 Å². The number of nitrogens with zero attached hydrogens (tertiary/aromatic N) is 2. The van der Waals surface area contributed by atoms with Crippen molar-refractivity contribution < 1.29 is 4.39 Å². The fourth-order valence-electron chi connectivity index (χ4n) is 3.43. The van der Waals surface area contributed by atoms with Gasteiger partial charge >= 0.3 is 0 Å². The van der Waals surface area contributed by atoms with Crippen LogP contribution in [-0.4, -0.2) is 29.0 Å². The van der Waals surface area contributed by atoms with Gasteiger partial charge in [-0.25, -0.2) is 4.39 Å². The molecule has 2 heterocycles. The van der Waals surface area contributed by atoms with Gasteiger partial charge in [-0.05, 0) is 43.2 Å². The van der Waals surface area contributed by atoms with Crippen LogP contribution in [0.3, 0.4) is 0 Å². The highest BCUT2D eigenvalue weighted by Gasteiger charge is 2.30. The fraction of sp³-hybridized carbons (Fsp3) is 0.706. The molecule has 1 aromatic heterocycles. The molecule has 1 fully saturated rings. The summed E-state index contributed by atoms with van der Waals surface area (Å²) < 4.78 is 12.9. The van der Waals surface area contributed by atoms with Gasteiger partial charge in [-0.15, -0.1) is 0 Å². The summed E-state index contributed by atoms with van der Waals surface area (Å²) in [6, 6.07) is 3.58. The largest absolute Gasteiger partial charge is 0.322 e. The number of nitrogens with two attached hydrogens (primary N) is 1. The van der Waals surface area contributed by atoms with Gasteiger partial charge < -0.3 is 5.73 Å². The molecular weight excluding hydrogens is 265 g/mol. The first kappa shape index (κ1) is 16.4. The summed E-state index contributed by atoms with van der Waals surface area (Å²) in [7, 11) is 0. The highest BCUT2D eigenvalue weighted by atomic mass is 19.1. The van der Waals surface area contributed by atoms with E-state index in [1.54, 1.807) is 6.07 Å². The fourth-order valence-corrected chi connectivity index (χ4v) is 3.43. The van der Waals surface area contributed by atoms with Crippen molar-refractivity contribution in [3.8, 4) is 0 Å². The Morgan fingerprint density at radius 1 is 1.38 bits per heavy atom. The summed E-state index contributed by atoms with van der Waals surface area (Å²) in [6.07, 6.45) is 2.55. The van der Waals surface area contributed by atoms with Crippen LogP contribution >= 0.6 is 0 Å². The second-order valence-corrected chi connectivity index (χ2v) is 6.92. The number of aromatic nitrogens is 1. The van der Waals surface area contributed by atoms with Crippen LogP contribution in [0, 0.1) is 23.6 Å². The topological polar surface area (TPSA) is 42.1 Å². The molecule has 1 aliphatic heterocycles. The Morgan fingerprint density at radius 3 is 2.71 bits per heavy atom. The lowest BCUT2D eigenvalue weighted by Crippen LogP contribution is -2.48. The van der Waals surface area contributed by atoms with E-state index < -0.39 is 0 Å². The Morgan fingerprint density at radius 2 is 2.10 bits per heavy atom. The molecule has 1 aromatic rings. The van der Waals surface area contributed by atoms with Gasteiger partial charge in [0.15, 0.2) is 0 Å². The van der Waals surface area contributed by atoms with E-state index >= 15 is 0 Å². The molecule has 118 valence electrons. The second kappa shape index (κ2) is 6.84. The zero-order valence-corrected chi connectivity index (χ0v) is 13.6. The van der Waals surface area contributed by atoms with Crippen LogP contribution in [0.2, 0.25) is 0 Å². The van der Waals surface area contributed by atoms with Crippen molar-refractivity contribution in [2.75, 3.05) is 13.1 Å². The summed E-state index contributed by atoms with van der Waals surface area (Å²) >= 11 is 0. The van der Waals surface area contributed by atoms with Gasteiger partial charge in [-0.1, -0.05) is 20.8 Å². The smallest absolute Gasteiger partial charge is 0.141 e. The van der Waals surface area contributed by atoms with E-state index in [0.717, 1.165) is 30.6 Å². The maximum atomic E-state index is 12.9. The van der Waals surface area contributed by atoms with Gasteiger partial charge in [0.2, 0.25) is 0 Å². The van der Waals surface area contributed by atoms with E-state index in [2.05, 4.69) is 37.6 Å². The number of rotatable bonds is 4. The van der Waals surface area contributed by atoms with Crippen molar-refractivity contribution in [2.24, 2.45) is 23.5 Å². The van der Waals surface area contributed by atoms with Gasteiger partial charge in [-0.2, -0.15) is 0 Å². The summed E-state index contributed by atoms with van der Waals surface area (Å²) in [4.78, 5) is 6.67. The summed E-state index contributed by atoms with van der Waals surface area (Å²) in [5, 5.41) is 0. The Hall–Kier alpha value is -1.00. The third-order valence-corrected chi connectivity index (χ3v) is 4.95. The lowest BCUT2D eigenvalue weighted by molar-refractivity contribution is 0.0631. The van der Waals surface area contributed by atoms with E-state index in [-0.39, 0.29) is 11.9 Å². The zero-order valence-electron chi connectivity index (χ0n) is 13.6. The van der Waals surface area contributed by atoms with Crippen molar-refractivity contribution in [1.82, 2.24) is 9.88 Å². The number of hydrogen-bond acceptors (Lipinski definition) is 3. The second-order valence-electron chi connectivity index (χ2n) is 6.92. The van der Waals surface area contributed by atoms with E-state index in [0.29, 0.717) is 12.0 Å². The maximum Gasteiger partial charge on any atom is 0.141 e. The number of hydrogen-bond donors (Lipinski definition) is 1. The average molecular weight is 293 g/mol. The van der Waals surface area contributed by atoms with Gasteiger partial charge in [-0.3, -0.25) is 9.88 Å². The van der Waals surface area contributed by atoms with Crippen LogP contribution in [0.4, 0.5) is 4.39 Å². The Kier molecular flexibility index (Phi) is 5.33. The van der Waals surface area contributed by atoms with Crippen LogP contribution in [0.25, 0.3) is 0 Å². The van der Waals surface area contributed by atoms with Crippen LogP contribution < -0.4 is 5.73 Å². The van der Waals surface area contributed by atoms with Crippen LogP contribution in [0.15, 0.2) is 18.3 Å². The molecule has 0 spiro atoms. The van der Waals surface area contributed by atoms with Crippen LogP contribution in [0.5, 0.6) is 0 Å². The number of pyridine rings is 1. The molecule has 21 heavy (non-hydrogen) atoms. The van der Waals surface area contributed by atoms with Crippen molar-refractivity contribution in [3.63, 3.8) is 0 Å². The first-order valence-electron chi connectivity index (χ1n) is 7.99. The molecule has 5 atom stereocenters. The Bertz CT molecular complexity index is 448. The van der Waals surface area contributed by atoms with Gasteiger partial charge in [0, 0.05) is 19.1 Å². The minimum Gasteiger partial charge on any atom is -0.322 e. The van der Waals surface area contributed by atoms with Crippen LogP contribution in [-0.2, 0) is 0 Å². The minimum absolute atomic E-state index is 0.148. The number of likely N-dealkylation sites (tertiary alicyclic amines) is 1. The summed E-state index contributed by atoms with van der Waals surface area (Å²) in [5.41, 5.74) is 7.08. The minimum atomic E-state index is -0.314. The molecule has 0 amide bonds. The summed E-state index contributed by atoms with van der Waals surface area (Å²) in [5.74, 6) is 1.44. The molecule has 2 rings (SSSR count). The van der Waals surface area contributed by atoms with Crippen molar-refractivity contribution in [2.45, 2.75) is 46.2 Å². The van der Waals surface area contributed by atoms with Gasteiger partial charge in [0.05, 0.1) is 17.9 Å². The van der Waals surface area contributed by atoms with E-state index in [1.807, 2.05) is 0 Å². The standard InChI is InChI=1S/C17H28FN3/c1-11-7-12(2)14(4)21(9-11)10-13(3)17(19)16-6-5-15(18)8-20-16/h5-6,8,11-14,17H,7,9-10,19H2,1-4H3. The Balaban J connectivity index is 1.99. The molecule has 0 radical (unpaired) electrons. The normalized spacial score (nSPS) is 30.1. The third kappa shape index (κ3) is 4.01. The zero-order chi connectivity index (χ0) is 15.6. The van der Waals surface area contributed by atoms with E-state index in [1.165, 1.54) is 18.7 Å². The molecule has 0 saturated carbocycles. The SMILES string of the molecule is CC1CC(C)C(C)N(CC(C)C(N)c2ccc(F)cn2)C1. The lowest BCUT2D eigenvalue weighted by Gasteiger charge is -2.42. The van der Waals surface area contributed by atoms with Crippen molar-refractivity contribution in [1.29, 1.82) is 0 Å². The van der Waals surface area contributed by atoms with E-state index in [4.69, 9.17) is 5.73 Å². The number of halogens is 1. The first-order chi connectivity index (χ1) is 9.88. The molecule has 2 N–H and O–H groups in total. The maximum absolute atomic E-state index is 12.9. The molecule has 0 aromatic carbocycles. The van der Waals surface area contributed by atoms with E-state index in [9.17, 15) is 4.39 Å². The van der Waals surface area contributed by atoms with Crippen molar-refractivity contribution >= 4 is 0 Å². The van der Waals surface area contributed by atoms with Crippen molar-refractivity contribution in [3.05, 3.63) is 29.8 Å². The molecule has 1 aliphatic rings. The Labute approximate surface area is 127 Å². The molecule has 0 bridgehead atoms. The molecule has 3 nitrogen and oxygen atoms in total. The average Bonchev–Trinajstić information content (AvgIpc) is 2.44. The summed E-state index contributed by atoms with van der Waals surface area (Å²) in [6.45, 7) is 11.2. The predicted molar refractivity (Wildman–Crippen MR) is 84.3 cm³/mol. The highest BCUT2D eigenvalue weighted by molar-refractivity contribution is 5.10. The van der Waals surface area contributed by atoms with Gasteiger partial charge in [0.25, 0.3) is 0 Å².